The van der Waals surface area contributed by atoms with Crippen molar-refractivity contribution in [3.63, 3.8) is 0 Å². The van der Waals surface area contributed by atoms with E-state index < -0.39 is 6.09 Å². The summed E-state index contributed by atoms with van der Waals surface area (Å²) in [5, 5.41) is 6.12. The van der Waals surface area contributed by atoms with E-state index in [4.69, 9.17) is 4.74 Å². The lowest BCUT2D eigenvalue weighted by Crippen LogP contribution is -2.24. The molecule has 0 atom stereocenters. The Balaban J connectivity index is 1.46. The summed E-state index contributed by atoms with van der Waals surface area (Å²) < 4.78 is 5.18. The van der Waals surface area contributed by atoms with Gasteiger partial charge in [-0.05, 0) is 35.2 Å². The molecular formula is C20H22N2O2. The van der Waals surface area contributed by atoms with Gasteiger partial charge in [-0.3, -0.25) is 0 Å². The Hall–Kier alpha value is -2.59. The van der Waals surface area contributed by atoms with Gasteiger partial charge in [-0.25, -0.2) is 4.79 Å². The van der Waals surface area contributed by atoms with Crippen LogP contribution in [0.3, 0.4) is 0 Å². The minimum atomic E-state index is -0.400. The van der Waals surface area contributed by atoms with Crippen LogP contribution >= 0.6 is 0 Å². The second-order valence-electron chi connectivity index (χ2n) is 5.76. The molecule has 0 unspecified atom stereocenters. The second kappa shape index (κ2) is 8.31. The Labute approximate surface area is 142 Å². The van der Waals surface area contributed by atoms with Crippen molar-refractivity contribution in [2.75, 3.05) is 13.1 Å². The number of rotatable bonds is 5. The molecule has 24 heavy (non-hydrogen) atoms. The maximum Gasteiger partial charge on any atom is 0.407 e. The van der Waals surface area contributed by atoms with Crippen molar-refractivity contribution >= 4 is 12.2 Å². The molecule has 0 aliphatic carbocycles. The number of fused-ring (bicyclic) bond motifs is 1. The smallest absolute Gasteiger partial charge is 0.407 e. The van der Waals surface area contributed by atoms with Crippen LogP contribution in [0, 0.1) is 0 Å². The Morgan fingerprint density at radius 2 is 2.04 bits per heavy atom. The summed E-state index contributed by atoms with van der Waals surface area (Å²) in [4.78, 5) is 11.7. The molecule has 0 bridgehead atoms. The molecule has 4 heteroatoms. The number of carbonyl (C=O) groups excluding carboxylic acids is 1. The lowest BCUT2D eigenvalue weighted by molar-refractivity contribution is 0.141. The van der Waals surface area contributed by atoms with Crippen molar-refractivity contribution < 1.29 is 9.53 Å². The van der Waals surface area contributed by atoms with Crippen LogP contribution in [-0.4, -0.2) is 19.2 Å². The van der Waals surface area contributed by atoms with Crippen LogP contribution in [0.4, 0.5) is 4.79 Å². The Kier molecular flexibility index (Phi) is 5.64. The van der Waals surface area contributed by atoms with E-state index in [0.717, 1.165) is 25.1 Å². The fourth-order valence-electron chi connectivity index (χ4n) is 2.82. The minimum absolute atomic E-state index is 0.287. The molecule has 0 radical (unpaired) electrons. The van der Waals surface area contributed by atoms with E-state index in [9.17, 15) is 4.79 Å². The van der Waals surface area contributed by atoms with Crippen LogP contribution in [-0.2, 0) is 24.3 Å². The third-order valence-electron chi connectivity index (χ3n) is 4.05. The highest BCUT2D eigenvalue weighted by molar-refractivity contribution is 5.67. The van der Waals surface area contributed by atoms with Gasteiger partial charge >= 0.3 is 6.09 Å². The molecule has 2 aromatic rings. The number of ether oxygens (including phenoxy) is 1. The summed E-state index contributed by atoms with van der Waals surface area (Å²) in [6, 6.07) is 16.0. The molecule has 4 nitrogen and oxygen atoms in total. The van der Waals surface area contributed by atoms with Crippen LogP contribution in [0.25, 0.3) is 6.08 Å². The van der Waals surface area contributed by atoms with E-state index in [-0.39, 0.29) is 6.61 Å². The molecular weight excluding hydrogens is 300 g/mol. The number of nitrogens with one attached hydrogen (secondary N) is 2. The van der Waals surface area contributed by atoms with Crippen LogP contribution in [0.2, 0.25) is 0 Å². The Morgan fingerprint density at radius 3 is 2.92 bits per heavy atom. The standard InChI is InChI=1S/C20H22N2O2/c23-20(24-15-16-6-2-1-3-7-16)22-12-5-10-17-8-4-9-18-14-21-13-11-19(17)18/h1-10,21H,11-15H2,(H,22,23). The molecule has 0 saturated carbocycles. The highest BCUT2D eigenvalue weighted by Crippen LogP contribution is 2.19. The molecule has 2 aromatic carbocycles. The first-order chi connectivity index (χ1) is 11.8. The predicted molar refractivity (Wildman–Crippen MR) is 95.5 cm³/mol. The minimum Gasteiger partial charge on any atom is -0.445 e. The van der Waals surface area contributed by atoms with Gasteiger partial charge in [0.15, 0.2) is 0 Å². The molecule has 1 aliphatic heterocycles. The van der Waals surface area contributed by atoms with Gasteiger partial charge in [-0.1, -0.05) is 60.7 Å². The van der Waals surface area contributed by atoms with Crippen molar-refractivity contribution in [2.45, 2.75) is 19.6 Å². The van der Waals surface area contributed by atoms with E-state index >= 15 is 0 Å². The van der Waals surface area contributed by atoms with Crippen molar-refractivity contribution in [3.05, 3.63) is 76.9 Å². The van der Waals surface area contributed by atoms with Gasteiger partial charge in [-0.15, -0.1) is 0 Å². The summed E-state index contributed by atoms with van der Waals surface area (Å²) in [6.07, 6.45) is 4.67. The third-order valence-corrected chi connectivity index (χ3v) is 4.05. The summed E-state index contributed by atoms with van der Waals surface area (Å²) in [5.74, 6) is 0. The lowest BCUT2D eigenvalue weighted by atomic mass is 9.95. The van der Waals surface area contributed by atoms with E-state index in [0.29, 0.717) is 6.54 Å². The molecule has 2 N–H and O–H groups in total. The SMILES string of the molecule is O=C(NCC=Cc1cccc2c1CCNC2)OCc1ccccc1. The molecule has 3 rings (SSSR count). The van der Waals surface area contributed by atoms with E-state index in [1.165, 1.54) is 16.7 Å². The number of hydrogen-bond acceptors (Lipinski definition) is 3. The van der Waals surface area contributed by atoms with Crippen molar-refractivity contribution in [3.8, 4) is 0 Å². The highest BCUT2D eigenvalue weighted by Gasteiger charge is 2.10. The van der Waals surface area contributed by atoms with Crippen LogP contribution in [0.1, 0.15) is 22.3 Å². The highest BCUT2D eigenvalue weighted by atomic mass is 16.5. The zero-order valence-electron chi connectivity index (χ0n) is 13.6. The van der Waals surface area contributed by atoms with Gasteiger partial charge in [0.25, 0.3) is 0 Å². The maximum atomic E-state index is 11.7. The Morgan fingerprint density at radius 1 is 1.17 bits per heavy atom. The average Bonchev–Trinajstić information content (AvgIpc) is 2.64. The van der Waals surface area contributed by atoms with Gasteiger partial charge < -0.3 is 15.4 Å². The van der Waals surface area contributed by atoms with E-state index in [2.05, 4.69) is 34.9 Å². The van der Waals surface area contributed by atoms with Crippen LogP contribution in [0.5, 0.6) is 0 Å². The molecule has 0 saturated heterocycles. The van der Waals surface area contributed by atoms with Gasteiger partial charge in [0, 0.05) is 13.1 Å². The summed E-state index contributed by atoms with van der Waals surface area (Å²) in [5.41, 5.74) is 4.97. The molecule has 1 heterocycles. The lowest BCUT2D eigenvalue weighted by Gasteiger charge is -2.18. The second-order valence-corrected chi connectivity index (χ2v) is 5.76. The summed E-state index contributed by atoms with van der Waals surface area (Å²) in [7, 11) is 0. The van der Waals surface area contributed by atoms with Crippen molar-refractivity contribution in [2.24, 2.45) is 0 Å². The van der Waals surface area contributed by atoms with Crippen molar-refractivity contribution in [1.82, 2.24) is 10.6 Å². The first kappa shape index (κ1) is 16.3. The molecule has 1 amide bonds. The van der Waals surface area contributed by atoms with Gasteiger partial charge in [0.05, 0.1) is 0 Å². The number of amides is 1. The average molecular weight is 322 g/mol. The predicted octanol–water partition coefficient (Wildman–Crippen LogP) is 3.27. The van der Waals surface area contributed by atoms with Gasteiger partial charge in [-0.2, -0.15) is 0 Å². The zero-order chi connectivity index (χ0) is 16.6. The quantitative estimate of drug-likeness (QED) is 0.888. The third kappa shape index (κ3) is 4.46. The van der Waals surface area contributed by atoms with Crippen LogP contribution in [0.15, 0.2) is 54.6 Å². The monoisotopic (exact) mass is 322 g/mol. The number of benzene rings is 2. The number of hydrogen-bond donors (Lipinski definition) is 2. The number of alkyl carbamates (subject to hydrolysis) is 1. The molecule has 0 spiro atoms. The topological polar surface area (TPSA) is 50.4 Å². The molecule has 1 aliphatic rings. The summed E-state index contributed by atoms with van der Waals surface area (Å²) in [6.45, 7) is 2.69. The Bertz CT molecular complexity index is 711. The normalized spacial score (nSPS) is 13.5. The van der Waals surface area contributed by atoms with E-state index in [1.807, 2.05) is 36.4 Å². The molecule has 0 aromatic heterocycles. The van der Waals surface area contributed by atoms with E-state index in [1.54, 1.807) is 0 Å². The largest absolute Gasteiger partial charge is 0.445 e. The maximum absolute atomic E-state index is 11.7. The summed E-state index contributed by atoms with van der Waals surface area (Å²) >= 11 is 0. The van der Waals surface area contributed by atoms with Crippen LogP contribution < -0.4 is 10.6 Å². The molecule has 124 valence electrons. The fraction of sp³-hybridized carbons (Fsp3) is 0.250. The molecule has 0 fully saturated rings. The first-order valence-corrected chi connectivity index (χ1v) is 8.25. The van der Waals surface area contributed by atoms with Gasteiger partial charge in [0.1, 0.15) is 6.61 Å². The van der Waals surface area contributed by atoms with Crippen molar-refractivity contribution in [1.29, 1.82) is 0 Å². The van der Waals surface area contributed by atoms with Gasteiger partial charge in [0.2, 0.25) is 0 Å². The zero-order valence-corrected chi connectivity index (χ0v) is 13.6. The first-order valence-electron chi connectivity index (χ1n) is 8.25. The number of carbonyl (C=O) groups is 1. The fourth-order valence-corrected chi connectivity index (χ4v) is 2.82.